The van der Waals surface area contributed by atoms with E-state index in [-0.39, 0.29) is 30.2 Å². The lowest BCUT2D eigenvalue weighted by molar-refractivity contribution is -0.143. The van der Waals surface area contributed by atoms with E-state index in [0.717, 1.165) is 29.0 Å². The van der Waals surface area contributed by atoms with Gasteiger partial charge in [-0.05, 0) is 74.2 Å². The summed E-state index contributed by atoms with van der Waals surface area (Å²) in [5, 5.41) is 0. The highest BCUT2D eigenvalue weighted by Crippen LogP contribution is 2.46. The molecule has 0 aromatic heterocycles. The number of benzene rings is 2. The summed E-state index contributed by atoms with van der Waals surface area (Å²) in [5.74, 6) is 0. The van der Waals surface area contributed by atoms with Gasteiger partial charge in [-0.3, -0.25) is 9.80 Å². The highest BCUT2D eigenvalue weighted by molar-refractivity contribution is 5.90. The van der Waals surface area contributed by atoms with Crippen molar-refractivity contribution in [3.63, 3.8) is 0 Å². The summed E-state index contributed by atoms with van der Waals surface area (Å²) in [6.07, 6.45) is -17.3. The zero-order chi connectivity index (χ0) is 32.5. The molecule has 0 aliphatic carbocycles. The van der Waals surface area contributed by atoms with Crippen LogP contribution < -0.4 is 4.90 Å². The van der Waals surface area contributed by atoms with Crippen LogP contribution in [-0.2, 0) is 34.5 Å². The molecular formula is C28H29F9N2O4. The first-order valence-electron chi connectivity index (χ1n) is 13.1. The average molecular weight is 629 g/mol. The van der Waals surface area contributed by atoms with Gasteiger partial charge in [-0.1, -0.05) is 13.3 Å². The Kier molecular flexibility index (Phi) is 9.86. The molecular weight excluding hydrogens is 599 g/mol. The van der Waals surface area contributed by atoms with E-state index in [1.807, 2.05) is 0 Å². The van der Waals surface area contributed by atoms with Gasteiger partial charge in [0.05, 0.1) is 41.6 Å². The molecule has 2 atom stereocenters. The summed E-state index contributed by atoms with van der Waals surface area (Å²) >= 11 is 0. The van der Waals surface area contributed by atoms with Crippen molar-refractivity contribution in [3.05, 3.63) is 64.2 Å². The van der Waals surface area contributed by atoms with Crippen molar-refractivity contribution < 1.29 is 58.6 Å². The molecule has 1 aliphatic rings. The molecule has 0 saturated carbocycles. The number of halogens is 9. The third-order valence-corrected chi connectivity index (χ3v) is 6.77. The van der Waals surface area contributed by atoms with Crippen LogP contribution in [0.5, 0.6) is 0 Å². The van der Waals surface area contributed by atoms with Gasteiger partial charge in [0, 0.05) is 12.6 Å². The Labute approximate surface area is 241 Å². The van der Waals surface area contributed by atoms with E-state index in [1.165, 1.54) is 0 Å². The molecule has 0 fully saturated rings. The van der Waals surface area contributed by atoms with E-state index in [4.69, 9.17) is 9.47 Å². The number of hydrogen-bond acceptors (Lipinski definition) is 4. The second-order valence-electron chi connectivity index (χ2n) is 10.3. The molecule has 0 N–H and O–H groups in total. The van der Waals surface area contributed by atoms with E-state index >= 15 is 0 Å². The molecule has 2 aromatic carbocycles. The Morgan fingerprint density at radius 1 is 0.907 bits per heavy atom. The van der Waals surface area contributed by atoms with E-state index in [1.54, 1.807) is 20.8 Å². The van der Waals surface area contributed by atoms with Crippen molar-refractivity contribution >= 4 is 17.9 Å². The largest absolute Gasteiger partial charge is 0.453 e. The number of hydrogen-bond donors (Lipinski definition) is 0. The predicted molar refractivity (Wildman–Crippen MR) is 136 cm³/mol. The van der Waals surface area contributed by atoms with Gasteiger partial charge >= 0.3 is 30.7 Å². The van der Waals surface area contributed by atoms with Gasteiger partial charge in [0.2, 0.25) is 0 Å². The lowest BCUT2D eigenvalue weighted by Gasteiger charge is -2.44. The summed E-state index contributed by atoms with van der Waals surface area (Å²) in [6, 6.07) is 1.13. The van der Waals surface area contributed by atoms with Crippen LogP contribution in [0, 0.1) is 0 Å². The quantitative estimate of drug-likeness (QED) is 0.300. The Bertz CT molecular complexity index is 1290. The minimum atomic E-state index is -5.17. The monoisotopic (exact) mass is 628 g/mol. The normalized spacial score (nSPS) is 17.5. The van der Waals surface area contributed by atoms with Crippen molar-refractivity contribution in [2.24, 2.45) is 0 Å². The molecule has 1 heterocycles. The number of amides is 2. The summed E-state index contributed by atoms with van der Waals surface area (Å²) < 4.78 is 133. The summed E-state index contributed by atoms with van der Waals surface area (Å²) in [5.41, 5.74) is -5.26. The van der Waals surface area contributed by atoms with E-state index in [2.05, 4.69) is 0 Å². The molecule has 2 unspecified atom stereocenters. The summed E-state index contributed by atoms with van der Waals surface area (Å²) in [6.45, 7) is 4.02. The number of carbonyl (C=O) groups excluding carboxylic acids is 2. The van der Waals surface area contributed by atoms with Gasteiger partial charge in [0.15, 0.2) is 0 Å². The predicted octanol–water partition coefficient (Wildman–Crippen LogP) is 8.98. The Morgan fingerprint density at radius 2 is 1.47 bits per heavy atom. The topological polar surface area (TPSA) is 59.1 Å². The van der Waals surface area contributed by atoms with Crippen LogP contribution in [0.3, 0.4) is 0 Å². The minimum Gasteiger partial charge on any atom is -0.453 e. The molecule has 0 spiro atoms. The fraction of sp³-hybridized carbons (Fsp3) is 0.500. The number of rotatable bonds is 6. The maximum atomic E-state index is 13.8. The molecule has 1 aliphatic heterocycles. The molecule has 2 aromatic rings. The lowest BCUT2D eigenvalue weighted by atomic mass is 9.87. The van der Waals surface area contributed by atoms with Crippen LogP contribution >= 0.6 is 0 Å². The third-order valence-electron chi connectivity index (χ3n) is 6.77. The van der Waals surface area contributed by atoms with Gasteiger partial charge in [-0.2, -0.15) is 39.5 Å². The highest BCUT2D eigenvalue weighted by atomic mass is 19.4. The van der Waals surface area contributed by atoms with Crippen molar-refractivity contribution in [1.82, 2.24) is 4.90 Å². The van der Waals surface area contributed by atoms with Crippen LogP contribution in [0.15, 0.2) is 36.4 Å². The first-order valence-corrected chi connectivity index (χ1v) is 13.1. The van der Waals surface area contributed by atoms with Gasteiger partial charge in [-0.15, -0.1) is 0 Å². The Hall–Kier alpha value is -3.65. The molecule has 0 bridgehead atoms. The molecule has 3 rings (SSSR count). The number of nitrogens with zero attached hydrogens (tertiary/aromatic N) is 2. The fourth-order valence-electron chi connectivity index (χ4n) is 5.01. The zero-order valence-corrected chi connectivity index (χ0v) is 23.5. The number of ether oxygens (including phenoxy) is 2. The van der Waals surface area contributed by atoms with Crippen molar-refractivity contribution in [2.45, 2.75) is 83.3 Å². The molecule has 238 valence electrons. The number of methoxy groups -OCH3 is 1. The highest BCUT2D eigenvalue weighted by Gasteiger charge is 2.43. The molecule has 43 heavy (non-hydrogen) atoms. The van der Waals surface area contributed by atoms with Crippen molar-refractivity contribution in [3.8, 4) is 0 Å². The SMILES string of the molecule is CCCC1CC(N(Cc2cc(C(F)(F)F)cc(C(F)(F)F)c2)C(=O)OC)c2cc(C(F)(F)F)ccc2N1C(=O)OC(C)C. The van der Waals surface area contributed by atoms with Gasteiger partial charge in [-0.25, -0.2) is 9.59 Å². The standard InChI is InChI=1S/C28H29F9N2O4/c1-5-6-20-13-23(21-12-17(26(29,30)31)7-8-22(21)39(20)25(41)43-15(2)3)38(24(40)42-4)14-16-9-18(27(32,33)34)11-19(10-16)28(35,36)37/h7-12,15,20,23H,5-6,13-14H2,1-4H3. The second kappa shape index (κ2) is 12.5. The second-order valence-corrected chi connectivity index (χ2v) is 10.3. The Balaban J connectivity index is 2.25. The van der Waals surface area contributed by atoms with Gasteiger partial charge < -0.3 is 9.47 Å². The number of anilines is 1. The molecule has 15 heteroatoms. The number of fused-ring (bicyclic) bond motifs is 1. The van der Waals surface area contributed by atoms with Gasteiger partial charge in [0.1, 0.15) is 0 Å². The molecule has 6 nitrogen and oxygen atoms in total. The molecule has 2 amide bonds. The molecule has 0 radical (unpaired) electrons. The summed E-state index contributed by atoms with van der Waals surface area (Å²) in [7, 11) is 0.911. The maximum absolute atomic E-state index is 13.8. The van der Waals surface area contributed by atoms with Crippen molar-refractivity contribution in [2.75, 3.05) is 12.0 Å². The third kappa shape index (κ3) is 7.85. The van der Waals surface area contributed by atoms with E-state index in [0.29, 0.717) is 24.6 Å². The van der Waals surface area contributed by atoms with Crippen LogP contribution in [0.2, 0.25) is 0 Å². The Morgan fingerprint density at radius 3 is 1.93 bits per heavy atom. The van der Waals surface area contributed by atoms with Crippen molar-refractivity contribution in [1.29, 1.82) is 0 Å². The van der Waals surface area contributed by atoms with E-state index < -0.39 is 77.7 Å². The van der Waals surface area contributed by atoms with Crippen LogP contribution in [0.25, 0.3) is 0 Å². The minimum absolute atomic E-state index is 0.0534. The van der Waals surface area contributed by atoms with Crippen LogP contribution in [0.1, 0.15) is 73.9 Å². The van der Waals surface area contributed by atoms with E-state index in [9.17, 15) is 49.1 Å². The first kappa shape index (κ1) is 33.8. The number of alkyl halides is 9. The number of carbonyl (C=O) groups is 2. The first-order chi connectivity index (χ1) is 19.8. The lowest BCUT2D eigenvalue weighted by Crippen LogP contribution is -2.49. The van der Waals surface area contributed by atoms with Crippen LogP contribution in [-0.4, -0.2) is 36.3 Å². The van der Waals surface area contributed by atoms with Gasteiger partial charge in [0.25, 0.3) is 0 Å². The van der Waals surface area contributed by atoms with Crippen LogP contribution in [0.4, 0.5) is 54.8 Å². The maximum Gasteiger partial charge on any atom is 0.416 e. The average Bonchev–Trinajstić information content (AvgIpc) is 2.88. The summed E-state index contributed by atoms with van der Waals surface area (Å²) in [4.78, 5) is 28.1. The fourth-order valence-corrected chi connectivity index (χ4v) is 5.01. The smallest absolute Gasteiger partial charge is 0.416 e. The molecule has 0 saturated heterocycles. The zero-order valence-electron chi connectivity index (χ0n) is 23.5.